The summed E-state index contributed by atoms with van der Waals surface area (Å²) in [6.45, 7) is 2.60. The number of hydrogen-bond acceptors (Lipinski definition) is 4. The third-order valence-electron chi connectivity index (χ3n) is 2.84. The first-order valence-corrected chi connectivity index (χ1v) is 8.30. The number of nitrogens with one attached hydrogen (secondary N) is 1. The van der Waals surface area contributed by atoms with E-state index < -0.39 is 0 Å². The van der Waals surface area contributed by atoms with Crippen LogP contribution in [0.3, 0.4) is 0 Å². The van der Waals surface area contributed by atoms with Crippen molar-refractivity contribution in [2.45, 2.75) is 6.92 Å². The van der Waals surface area contributed by atoms with Gasteiger partial charge in [0.05, 0.1) is 22.5 Å². The van der Waals surface area contributed by atoms with Crippen molar-refractivity contribution in [3.63, 3.8) is 0 Å². The van der Waals surface area contributed by atoms with Crippen LogP contribution in [0.25, 0.3) is 10.2 Å². The molecule has 0 amide bonds. The number of aromatic nitrogens is 1. The molecule has 0 fully saturated rings. The van der Waals surface area contributed by atoms with Crippen LogP contribution in [0.1, 0.15) is 6.92 Å². The molecular weight excluding hydrogens is 402 g/mol. The van der Waals surface area contributed by atoms with E-state index in [2.05, 4.69) is 32.9 Å². The van der Waals surface area contributed by atoms with Crippen molar-refractivity contribution in [2.24, 2.45) is 0 Å². The molecule has 1 aromatic heterocycles. The number of halogens is 2. The number of ether oxygens (including phenoxy) is 1. The molecule has 3 rings (SSSR count). The van der Waals surface area contributed by atoms with Crippen LogP contribution in [0.5, 0.6) is 5.75 Å². The Morgan fingerprint density at radius 3 is 2.90 bits per heavy atom. The maximum Gasteiger partial charge on any atom is 0.188 e. The molecule has 0 saturated heterocycles. The molecule has 2 aromatic carbocycles. The van der Waals surface area contributed by atoms with E-state index in [1.54, 1.807) is 17.4 Å². The van der Waals surface area contributed by atoms with Crippen LogP contribution in [0.2, 0.25) is 0 Å². The molecule has 108 valence electrons. The first kappa shape index (κ1) is 14.5. The Labute approximate surface area is 139 Å². The topological polar surface area (TPSA) is 34.1 Å². The summed E-state index contributed by atoms with van der Waals surface area (Å²) in [6, 6.07) is 10.5. The van der Waals surface area contributed by atoms with E-state index in [1.807, 2.05) is 25.1 Å². The minimum absolute atomic E-state index is 0.240. The fourth-order valence-corrected chi connectivity index (χ4v) is 3.44. The van der Waals surface area contributed by atoms with Gasteiger partial charge in [-0.25, -0.2) is 9.37 Å². The van der Waals surface area contributed by atoms with Crippen molar-refractivity contribution >= 4 is 55.0 Å². The number of fused-ring (bicyclic) bond motifs is 1. The molecule has 0 saturated carbocycles. The Kier molecular flexibility index (Phi) is 4.25. The Hall–Kier alpha value is -1.41. The fourth-order valence-electron chi connectivity index (χ4n) is 1.92. The van der Waals surface area contributed by atoms with Gasteiger partial charge in [0, 0.05) is 3.57 Å². The molecule has 1 heterocycles. The normalized spacial score (nSPS) is 10.8. The monoisotopic (exact) mass is 414 g/mol. The van der Waals surface area contributed by atoms with Gasteiger partial charge in [-0.05, 0) is 65.9 Å². The second-order valence-corrected chi connectivity index (χ2v) is 6.52. The van der Waals surface area contributed by atoms with E-state index >= 15 is 0 Å². The van der Waals surface area contributed by atoms with Crippen molar-refractivity contribution in [3.8, 4) is 5.75 Å². The van der Waals surface area contributed by atoms with Crippen molar-refractivity contribution in [2.75, 3.05) is 11.9 Å². The van der Waals surface area contributed by atoms with Gasteiger partial charge in [-0.15, -0.1) is 0 Å². The number of rotatable bonds is 4. The van der Waals surface area contributed by atoms with Crippen LogP contribution in [0, 0.1) is 9.39 Å². The van der Waals surface area contributed by atoms with Crippen LogP contribution >= 0.6 is 33.9 Å². The Morgan fingerprint density at radius 1 is 1.29 bits per heavy atom. The van der Waals surface area contributed by atoms with Crippen LogP contribution < -0.4 is 10.1 Å². The van der Waals surface area contributed by atoms with Gasteiger partial charge in [0.2, 0.25) is 0 Å². The average Bonchev–Trinajstić information content (AvgIpc) is 2.84. The fraction of sp³-hybridized carbons (Fsp3) is 0.133. The van der Waals surface area contributed by atoms with Crippen LogP contribution in [-0.4, -0.2) is 11.6 Å². The molecule has 0 spiro atoms. The lowest BCUT2D eigenvalue weighted by Gasteiger charge is -2.04. The standard InChI is InChI=1S/C15H12FIN2OS/c1-2-20-10-4-6-13-14(8-10)21-15(19-13)18-12-5-3-9(16)7-11(12)17/h3-8H,2H2,1H3,(H,18,19). The maximum absolute atomic E-state index is 13.1. The van der Waals surface area contributed by atoms with Gasteiger partial charge >= 0.3 is 0 Å². The number of anilines is 2. The lowest BCUT2D eigenvalue weighted by molar-refractivity contribution is 0.341. The molecule has 0 aliphatic heterocycles. The SMILES string of the molecule is CCOc1ccc2nc(Nc3ccc(F)cc3I)sc2c1. The summed E-state index contributed by atoms with van der Waals surface area (Å²) in [5.74, 6) is 0.604. The van der Waals surface area contributed by atoms with Gasteiger partial charge in [0.1, 0.15) is 11.6 Å². The van der Waals surface area contributed by atoms with Crippen molar-refractivity contribution in [3.05, 3.63) is 45.8 Å². The van der Waals surface area contributed by atoms with E-state index in [0.29, 0.717) is 6.61 Å². The second kappa shape index (κ2) is 6.15. The molecule has 0 bridgehead atoms. The zero-order chi connectivity index (χ0) is 14.8. The predicted molar refractivity (Wildman–Crippen MR) is 93.2 cm³/mol. The van der Waals surface area contributed by atoms with Crippen LogP contribution in [0.15, 0.2) is 36.4 Å². The third kappa shape index (κ3) is 3.26. The Balaban J connectivity index is 1.90. The van der Waals surface area contributed by atoms with E-state index in [4.69, 9.17) is 4.74 Å². The summed E-state index contributed by atoms with van der Waals surface area (Å²) >= 11 is 3.65. The summed E-state index contributed by atoms with van der Waals surface area (Å²) in [5.41, 5.74) is 1.77. The van der Waals surface area contributed by atoms with Crippen molar-refractivity contribution in [1.82, 2.24) is 4.98 Å². The highest BCUT2D eigenvalue weighted by Gasteiger charge is 2.08. The third-order valence-corrected chi connectivity index (χ3v) is 4.67. The molecule has 0 atom stereocenters. The highest BCUT2D eigenvalue weighted by molar-refractivity contribution is 14.1. The van der Waals surface area contributed by atoms with E-state index in [1.165, 1.54) is 12.1 Å². The predicted octanol–water partition coefficient (Wildman–Crippen LogP) is 5.18. The summed E-state index contributed by atoms with van der Waals surface area (Å²) in [5, 5.41) is 4.01. The molecule has 3 aromatic rings. The lowest BCUT2D eigenvalue weighted by Crippen LogP contribution is -1.92. The zero-order valence-electron chi connectivity index (χ0n) is 11.2. The van der Waals surface area contributed by atoms with Crippen LogP contribution in [0.4, 0.5) is 15.2 Å². The average molecular weight is 414 g/mol. The molecule has 0 unspecified atom stereocenters. The molecule has 0 aliphatic carbocycles. The lowest BCUT2D eigenvalue weighted by atomic mass is 10.3. The number of hydrogen-bond donors (Lipinski definition) is 1. The Morgan fingerprint density at radius 2 is 2.14 bits per heavy atom. The highest BCUT2D eigenvalue weighted by atomic mass is 127. The summed E-state index contributed by atoms with van der Waals surface area (Å²) in [4.78, 5) is 4.53. The minimum atomic E-state index is -0.240. The largest absolute Gasteiger partial charge is 0.494 e. The second-order valence-electron chi connectivity index (χ2n) is 4.33. The molecule has 21 heavy (non-hydrogen) atoms. The highest BCUT2D eigenvalue weighted by Crippen LogP contribution is 2.32. The smallest absolute Gasteiger partial charge is 0.188 e. The minimum Gasteiger partial charge on any atom is -0.494 e. The van der Waals surface area contributed by atoms with E-state index in [-0.39, 0.29) is 5.82 Å². The molecule has 1 N–H and O–H groups in total. The van der Waals surface area contributed by atoms with Gasteiger partial charge in [-0.2, -0.15) is 0 Å². The van der Waals surface area contributed by atoms with E-state index in [0.717, 1.165) is 30.4 Å². The molecule has 0 aliphatic rings. The van der Waals surface area contributed by atoms with Gasteiger partial charge in [-0.3, -0.25) is 0 Å². The summed E-state index contributed by atoms with van der Waals surface area (Å²) < 4.78 is 20.5. The van der Waals surface area contributed by atoms with Gasteiger partial charge < -0.3 is 10.1 Å². The molecular formula is C15H12FIN2OS. The number of nitrogens with zero attached hydrogens (tertiary/aromatic N) is 1. The van der Waals surface area contributed by atoms with E-state index in [9.17, 15) is 4.39 Å². The van der Waals surface area contributed by atoms with Gasteiger partial charge in [-0.1, -0.05) is 11.3 Å². The summed E-state index contributed by atoms with van der Waals surface area (Å²) in [7, 11) is 0. The first-order chi connectivity index (χ1) is 10.2. The molecule has 3 nitrogen and oxygen atoms in total. The first-order valence-electron chi connectivity index (χ1n) is 6.41. The van der Waals surface area contributed by atoms with Crippen molar-refractivity contribution < 1.29 is 9.13 Å². The number of thiazole rings is 1. The molecule has 0 radical (unpaired) electrons. The van der Waals surface area contributed by atoms with Gasteiger partial charge in [0.15, 0.2) is 5.13 Å². The summed E-state index contributed by atoms with van der Waals surface area (Å²) in [6.07, 6.45) is 0. The van der Waals surface area contributed by atoms with Gasteiger partial charge in [0.25, 0.3) is 0 Å². The zero-order valence-corrected chi connectivity index (χ0v) is 14.2. The quantitative estimate of drug-likeness (QED) is 0.598. The van der Waals surface area contributed by atoms with Crippen molar-refractivity contribution in [1.29, 1.82) is 0 Å². The Bertz CT molecular complexity index is 790. The maximum atomic E-state index is 13.1. The molecule has 6 heteroatoms. The van der Waals surface area contributed by atoms with Crippen LogP contribution in [-0.2, 0) is 0 Å². The number of benzene rings is 2.